The standard InChI is InChI=1S/C58H82N8O15/c1-8-9-10-27-79-43-25-21-39(22-26-43)37-13-11-36(12-14-37)38-15-17-41(18-16-38)54(75)62-44(53(60)74)28-45(69)57(80-31-34(3)66(5,6)7)64-56(77)49-50(71)33(2)30-65(49)58(78)47(35(4)67)63-55(76)48(61-32-81-46(70)29-59)52(73)51(72)40-19-23-42(68)24-20-40/h11-26,33-35,44-52,57,61,67,69-73H,8-10,27-32,59H2,1-7H3,(H5-,60,62,63,64,68,74,75,76,77)/p+1/t33-,34-,35+,44-,45+,46+,47-,48-,49-,50-,51-,52-,57+/m0/s1. The Morgan fingerprint density at radius 3 is 1.86 bits per heavy atom. The minimum Gasteiger partial charge on any atom is -0.508 e. The van der Waals surface area contributed by atoms with Gasteiger partial charge in [0, 0.05) is 31.0 Å². The molecule has 0 aromatic heterocycles. The van der Waals surface area contributed by atoms with E-state index in [1.807, 2.05) is 76.6 Å². The first-order valence-electron chi connectivity index (χ1n) is 27.1. The first-order valence-corrected chi connectivity index (χ1v) is 27.1. The molecule has 0 bridgehead atoms. The molecule has 4 aromatic carbocycles. The van der Waals surface area contributed by atoms with Crippen LogP contribution in [0.3, 0.4) is 0 Å². The molecular formula is C58H83N8O15+. The van der Waals surface area contributed by atoms with E-state index in [2.05, 4.69) is 28.2 Å². The van der Waals surface area contributed by atoms with E-state index < -0.39 is 116 Å². The molecule has 1 saturated heterocycles. The van der Waals surface area contributed by atoms with E-state index in [9.17, 15) is 59.7 Å². The van der Waals surface area contributed by atoms with Crippen molar-refractivity contribution in [1.29, 1.82) is 0 Å². The van der Waals surface area contributed by atoms with Crippen LogP contribution in [0.2, 0.25) is 0 Å². The zero-order valence-corrected chi connectivity index (χ0v) is 47.1. The SMILES string of the molecule is CCCCCOc1ccc(-c2ccc(-c3ccc(C(=O)N[C@@H](C[C@@H](O)[C@H](NC(=O)[C@@H]4[C@@H](O)[C@@H](C)CN4C(=O)[C@@H](NC(=O)[C@@H](NCO[C@@H](O)CN)[C@H](O)[C@@H](O)c4ccc(O)cc4)[C@@H](C)O)OC[C@H](C)[N+](C)(C)C)C(N)=O)cc3)cc2)cc1. The average molecular weight is 1130 g/mol. The van der Waals surface area contributed by atoms with Crippen molar-refractivity contribution >= 4 is 29.5 Å². The van der Waals surface area contributed by atoms with E-state index in [-0.39, 0.29) is 42.6 Å². The number of aromatic hydroxyl groups is 1. The topological polar surface area (TPSA) is 358 Å². The zero-order valence-electron chi connectivity index (χ0n) is 47.1. The van der Waals surface area contributed by atoms with Gasteiger partial charge in [0.1, 0.15) is 73.4 Å². The smallest absolute Gasteiger partial charge is 0.251 e. The maximum Gasteiger partial charge on any atom is 0.251 e. The van der Waals surface area contributed by atoms with Gasteiger partial charge in [0.25, 0.3) is 5.91 Å². The fraction of sp³-hybridized carbons (Fsp3) is 0.500. The minimum atomic E-state index is -1.98. The highest BCUT2D eigenvalue weighted by molar-refractivity contribution is 5.98. The third-order valence-corrected chi connectivity index (χ3v) is 14.5. The number of rotatable bonds is 31. The average Bonchev–Trinajstić information content (AvgIpc) is 3.80. The van der Waals surface area contributed by atoms with Gasteiger partial charge < -0.3 is 86.8 Å². The van der Waals surface area contributed by atoms with E-state index in [0.29, 0.717) is 11.1 Å². The maximum absolute atomic E-state index is 14.5. The molecule has 5 amide bonds. The van der Waals surface area contributed by atoms with Crippen LogP contribution < -0.4 is 37.5 Å². The van der Waals surface area contributed by atoms with Crippen LogP contribution in [0.25, 0.3) is 22.3 Å². The van der Waals surface area contributed by atoms with Crippen molar-refractivity contribution in [1.82, 2.24) is 26.2 Å². The molecule has 0 spiro atoms. The normalized spacial score (nSPS) is 19.2. The molecule has 1 fully saturated rings. The van der Waals surface area contributed by atoms with Gasteiger partial charge in [0.05, 0.1) is 40.0 Å². The summed E-state index contributed by atoms with van der Waals surface area (Å²) in [7, 11) is 5.67. The number of hydrogen-bond acceptors (Lipinski definition) is 17. The number of ether oxygens (including phenoxy) is 3. The second-order valence-electron chi connectivity index (χ2n) is 21.5. The third-order valence-electron chi connectivity index (χ3n) is 14.5. The van der Waals surface area contributed by atoms with Crippen LogP contribution in [0, 0.1) is 5.92 Å². The first-order chi connectivity index (χ1) is 38.3. The number of phenols is 1. The van der Waals surface area contributed by atoms with Crippen molar-refractivity contribution in [3.05, 3.63) is 108 Å². The molecule has 23 nitrogen and oxygen atoms in total. The van der Waals surface area contributed by atoms with E-state index in [4.69, 9.17) is 25.7 Å². The number of unbranched alkanes of at least 4 members (excludes halogenated alkanes) is 2. The van der Waals surface area contributed by atoms with E-state index >= 15 is 0 Å². The van der Waals surface area contributed by atoms with Gasteiger partial charge in [-0.2, -0.15) is 0 Å². The molecule has 0 saturated carbocycles. The Labute approximate surface area is 472 Å². The fourth-order valence-electron chi connectivity index (χ4n) is 8.83. The van der Waals surface area contributed by atoms with Gasteiger partial charge in [-0.1, -0.05) is 87.4 Å². The lowest BCUT2D eigenvalue weighted by Gasteiger charge is -2.35. The predicted octanol–water partition coefficient (Wildman–Crippen LogP) is 0.561. The highest BCUT2D eigenvalue weighted by atomic mass is 16.6. The monoisotopic (exact) mass is 1130 g/mol. The Morgan fingerprint density at radius 2 is 1.33 bits per heavy atom. The third kappa shape index (κ3) is 18.4. The molecule has 13 atom stereocenters. The Hall–Kier alpha value is -6.61. The van der Waals surface area contributed by atoms with Gasteiger partial charge in [0.15, 0.2) is 12.5 Å². The number of aliphatic hydroxyl groups excluding tert-OH is 6. The minimum absolute atomic E-state index is 0.0723. The number of benzene rings is 4. The molecule has 0 radical (unpaired) electrons. The summed E-state index contributed by atoms with van der Waals surface area (Å²) in [6, 6.07) is 20.5. The zero-order chi connectivity index (χ0) is 59.7. The molecule has 23 heteroatoms. The quantitative estimate of drug-likeness (QED) is 0.0186. The number of hydrogen-bond donors (Lipinski definition) is 13. The van der Waals surface area contributed by atoms with Gasteiger partial charge in [0.2, 0.25) is 23.6 Å². The Morgan fingerprint density at radius 1 is 0.765 bits per heavy atom. The predicted molar refractivity (Wildman–Crippen MR) is 300 cm³/mol. The number of likely N-dealkylation sites (N-methyl/N-ethyl adjacent to an activating group) is 1. The van der Waals surface area contributed by atoms with E-state index in [0.717, 1.165) is 52.2 Å². The molecule has 0 aliphatic carbocycles. The number of carbonyl (C=O) groups excluding carboxylic acids is 5. The van der Waals surface area contributed by atoms with Crippen LogP contribution in [0.4, 0.5) is 0 Å². The Kier molecular flexibility index (Phi) is 24.5. The number of nitrogens with zero attached hydrogens (tertiary/aromatic N) is 2. The number of carbonyl (C=O) groups is 5. The number of amides is 5. The van der Waals surface area contributed by atoms with Crippen LogP contribution in [0.15, 0.2) is 97.1 Å². The Balaban J connectivity index is 1.30. The molecular weight excluding hydrogens is 1050 g/mol. The summed E-state index contributed by atoms with van der Waals surface area (Å²) < 4.78 is 17.5. The Bertz CT molecular complexity index is 2640. The molecule has 1 aliphatic rings. The number of nitrogens with one attached hydrogen (secondary N) is 4. The van der Waals surface area contributed by atoms with Crippen LogP contribution in [-0.4, -0.2) is 196 Å². The summed E-state index contributed by atoms with van der Waals surface area (Å²) in [4.78, 5) is 70.5. The number of phenolic OH excluding ortho intramolecular Hbond substituents is 1. The summed E-state index contributed by atoms with van der Waals surface area (Å²) in [5.74, 6) is -5.03. The lowest BCUT2D eigenvalue weighted by Crippen LogP contribution is -2.63. The highest BCUT2D eigenvalue weighted by Crippen LogP contribution is 2.29. The second kappa shape index (κ2) is 30.4. The molecule has 5 rings (SSSR count). The van der Waals surface area contributed by atoms with Gasteiger partial charge >= 0.3 is 0 Å². The molecule has 444 valence electrons. The first kappa shape index (κ1) is 65.2. The molecule has 1 heterocycles. The lowest BCUT2D eigenvalue weighted by atomic mass is 9.97. The molecule has 0 unspecified atom stereocenters. The fourth-order valence-corrected chi connectivity index (χ4v) is 8.83. The maximum atomic E-state index is 14.5. The molecule has 1 aliphatic heterocycles. The number of primary amides is 1. The van der Waals surface area contributed by atoms with Crippen molar-refractivity contribution in [3.8, 4) is 33.8 Å². The summed E-state index contributed by atoms with van der Waals surface area (Å²) in [6.07, 6.45) is -9.15. The van der Waals surface area contributed by atoms with Crippen molar-refractivity contribution in [2.45, 2.75) is 127 Å². The summed E-state index contributed by atoms with van der Waals surface area (Å²) in [6.45, 7) is 6.11. The number of nitrogens with two attached hydrogens (primary N) is 2. The van der Waals surface area contributed by atoms with Crippen molar-refractivity contribution in [2.75, 3.05) is 54.2 Å². The van der Waals surface area contributed by atoms with E-state index in [1.165, 1.54) is 31.2 Å². The number of quaternary nitrogens is 1. The van der Waals surface area contributed by atoms with Crippen LogP contribution >= 0.6 is 0 Å². The van der Waals surface area contributed by atoms with Crippen LogP contribution in [0.1, 0.15) is 75.4 Å². The van der Waals surface area contributed by atoms with Crippen molar-refractivity contribution in [2.24, 2.45) is 17.4 Å². The molecule has 4 aromatic rings. The van der Waals surface area contributed by atoms with Crippen molar-refractivity contribution < 1.29 is 78.4 Å². The van der Waals surface area contributed by atoms with Crippen LogP contribution in [0.5, 0.6) is 11.5 Å². The highest BCUT2D eigenvalue weighted by Gasteiger charge is 2.49. The number of likely N-dealkylation sites (tertiary alicyclic amines) is 1. The van der Waals surface area contributed by atoms with Gasteiger partial charge in [-0.3, -0.25) is 29.3 Å². The van der Waals surface area contributed by atoms with Crippen LogP contribution in [-0.2, 0) is 28.7 Å². The summed E-state index contributed by atoms with van der Waals surface area (Å²) >= 11 is 0. The molecule has 15 N–H and O–H groups in total. The molecule has 81 heavy (non-hydrogen) atoms. The van der Waals surface area contributed by atoms with Crippen molar-refractivity contribution in [3.63, 3.8) is 0 Å². The second-order valence-corrected chi connectivity index (χ2v) is 21.5. The van der Waals surface area contributed by atoms with Gasteiger partial charge in [-0.05, 0) is 84.5 Å². The van der Waals surface area contributed by atoms with Gasteiger partial charge in [-0.15, -0.1) is 0 Å². The van der Waals surface area contributed by atoms with E-state index in [1.54, 1.807) is 31.2 Å². The summed E-state index contributed by atoms with van der Waals surface area (Å²) in [5.41, 5.74) is 15.2. The largest absolute Gasteiger partial charge is 0.508 e. The lowest BCUT2D eigenvalue weighted by molar-refractivity contribution is -0.894. The summed E-state index contributed by atoms with van der Waals surface area (Å²) in [5, 5.41) is 86.3. The van der Waals surface area contributed by atoms with Gasteiger partial charge in [-0.25, -0.2) is 0 Å². The number of aliphatic hydroxyl groups is 6.